The smallest absolute Gasteiger partial charge is 0.261 e. The lowest BCUT2D eigenvalue weighted by atomic mass is 10.0. The summed E-state index contributed by atoms with van der Waals surface area (Å²) in [5.41, 5.74) is 4.64. The van der Waals surface area contributed by atoms with Crippen LogP contribution in [-0.2, 0) is 11.3 Å². The van der Waals surface area contributed by atoms with E-state index in [0.717, 1.165) is 35.5 Å². The Hall–Kier alpha value is -2.49. The lowest BCUT2D eigenvalue weighted by molar-refractivity contribution is -0.127. The average molecular weight is 395 g/mol. The molecule has 1 N–H and O–H groups in total. The van der Waals surface area contributed by atoms with Crippen molar-refractivity contribution in [3.63, 3.8) is 0 Å². The van der Waals surface area contributed by atoms with Crippen LogP contribution in [0.3, 0.4) is 0 Å². The van der Waals surface area contributed by atoms with Gasteiger partial charge < -0.3 is 15.0 Å². The monoisotopic (exact) mass is 394 g/mol. The van der Waals surface area contributed by atoms with Crippen LogP contribution in [0.5, 0.6) is 5.75 Å². The summed E-state index contributed by atoms with van der Waals surface area (Å²) in [4.78, 5) is 15.0. The lowest BCUT2D eigenvalue weighted by Gasteiger charge is -2.28. The standard InChI is InChI=1S/C25H34N2O2/c1-18(2)23-13-8-19(3)16-24(23)29-20(4)25(28)26-17-21-9-11-22(12-10-21)27-14-6-5-7-15-27/h8-13,16,18,20H,5-7,14-15,17H2,1-4H3,(H,26,28)/t20-/m0/s1. The molecule has 4 heteroatoms. The van der Waals surface area contributed by atoms with Crippen LogP contribution in [0.4, 0.5) is 5.69 Å². The number of hydrogen-bond acceptors (Lipinski definition) is 3. The largest absolute Gasteiger partial charge is 0.481 e. The maximum atomic E-state index is 12.6. The number of benzene rings is 2. The van der Waals surface area contributed by atoms with E-state index in [-0.39, 0.29) is 5.91 Å². The molecule has 156 valence electrons. The van der Waals surface area contributed by atoms with Gasteiger partial charge in [0, 0.05) is 25.3 Å². The highest BCUT2D eigenvalue weighted by atomic mass is 16.5. The van der Waals surface area contributed by atoms with Crippen molar-refractivity contribution in [1.82, 2.24) is 5.32 Å². The van der Waals surface area contributed by atoms with E-state index in [9.17, 15) is 4.79 Å². The number of anilines is 1. The number of hydrogen-bond donors (Lipinski definition) is 1. The predicted molar refractivity (Wildman–Crippen MR) is 120 cm³/mol. The summed E-state index contributed by atoms with van der Waals surface area (Å²) < 4.78 is 6.02. The fourth-order valence-corrected chi connectivity index (χ4v) is 3.77. The molecule has 0 spiro atoms. The number of carbonyl (C=O) groups is 1. The SMILES string of the molecule is Cc1ccc(C(C)C)c(O[C@@H](C)C(=O)NCc2ccc(N3CCCCC3)cc2)c1. The molecule has 29 heavy (non-hydrogen) atoms. The third-order valence-electron chi connectivity index (χ3n) is 5.59. The van der Waals surface area contributed by atoms with Crippen LogP contribution < -0.4 is 15.0 Å². The molecule has 0 aliphatic carbocycles. The second-order valence-corrected chi connectivity index (χ2v) is 8.39. The normalized spacial score (nSPS) is 15.3. The van der Waals surface area contributed by atoms with Crippen molar-refractivity contribution in [3.05, 3.63) is 59.2 Å². The molecular formula is C25H34N2O2. The summed E-state index contributed by atoms with van der Waals surface area (Å²) >= 11 is 0. The fourth-order valence-electron chi connectivity index (χ4n) is 3.77. The lowest BCUT2D eigenvalue weighted by Crippen LogP contribution is -2.36. The van der Waals surface area contributed by atoms with Crippen molar-refractivity contribution in [2.75, 3.05) is 18.0 Å². The summed E-state index contributed by atoms with van der Waals surface area (Å²) in [7, 11) is 0. The summed E-state index contributed by atoms with van der Waals surface area (Å²) in [6.07, 6.45) is 3.34. The molecule has 0 aromatic heterocycles. The van der Waals surface area contributed by atoms with Crippen LogP contribution in [0.25, 0.3) is 0 Å². The Morgan fingerprint density at radius 3 is 2.38 bits per heavy atom. The van der Waals surface area contributed by atoms with Crippen molar-refractivity contribution in [1.29, 1.82) is 0 Å². The van der Waals surface area contributed by atoms with Gasteiger partial charge in [0.2, 0.25) is 0 Å². The van der Waals surface area contributed by atoms with E-state index in [0.29, 0.717) is 12.5 Å². The van der Waals surface area contributed by atoms with Gasteiger partial charge in [-0.05, 0) is 73.9 Å². The second kappa shape index (κ2) is 9.82. The molecule has 0 unspecified atom stereocenters. The molecule has 0 radical (unpaired) electrons. The van der Waals surface area contributed by atoms with Crippen molar-refractivity contribution in [2.24, 2.45) is 0 Å². The first-order valence-electron chi connectivity index (χ1n) is 10.8. The molecule has 2 aromatic rings. The fraction of sp³-hybridized carbons (Fsp3) is 0.480. The van der Waals surface area contributed by atoms with Crippen LogP contribution in [0, 0.1) is 6.92 Å². The van der Waals surface area contributed by atoms with E-state index < -0.39 is 6.10 Å². The molecule has 2 aromatic carbocycles. The second-order valence-electron chi connectivity index (χ2n) is 8.39. The summed E-state index contributed by atoms with van der Waals surface area (Å²) in [5, 5.41) is 3.00. The van der Waals surface area contributed by atoms with E-state index in [2.05, 4.69) is 60.5 Å². The Morgan fingerprint density at radius 2 is 1.72 bits per heavy atom. The third kappa shape index (κ3) is 5.75. The Morgan fingerprint density at radius 1 is 1.03 bits per heavy atom. The van der Waals surface area contributed by atoms with Crippen LogP contribution in [0.1, 0.15) is 62.6 Å². The van der Waals surface area contributed by atoms with Gasteiger partial charge in [0.1, 0.15) is 5.75 Å². The molecule has 1 saturated heterocycles. The minimum Gasteiger partial charge on any atom is -0.481 e. The molecule has 3 rings (SSSR count). The summed E-state index contributed by atoms with van der Waals surface area (Å²) in [6, 6.07) is 14.7. The van der Waals surface area contributed by atoms with Crippen LogP contribution in [0.2, 0.25) is 0 Å². The molecule has 1 aliphatic rings. The molecule has 1 heterocycles. The van der Waals surface area contributed by atoms with Gasteiger partial charge >= 0.3 is 0 Å². The zero-order valence-electron chi connectivity index (χ0n) is 18.2. The Balaban J connectivity index is 1.54. The molecule has 4 nitrogen and oxygen atoms in total. The molecule has 0 saturated carbocycles. The topological polar surface area (TPSA) is 41.6 Å². The number of aryl methyl sites for hydroxylation is 1. The molecular weight excluding hydrogens is 360 g/mol. The molecule has 1 amide bonds. The van der Waals surface area contributed by atoms with Gasteiger partial charge in [0.25, 0.3) is 5.91 Å². The highest BCUT2D eigenvalue weighted by Crippen LogP contribution is 2.28. The van der Waals surface area contributed by atoms with Crippen molar-refractivity contribution < 1.29 is 9.53 Å². The van der Waals surface area contributed by atoms with Gasteiger partial charge in [0.05, 0.1) is 0 Å². The number of amides is 1. The van der Waals surface area contributed by atoms with Gasteiger partial charge in [0.15, 0.2) is 6.10 Å². The average Bonchev–Trinajstić information content (AvgIpc) is 2.73. The molecule has 1 aliphatic heterocycles. The maximum absolute atomic E-state index is 12.6. The van der Waals surface area contributed by atoms with Gasteiger partial charge in [-0.25, -0.2) is 0 Å². The number of piperidine rings is 1. The Bertz CT molecular complexity index is 808. The zero-order valence-corrected chi connectivity index (χ0v) is 18.2. The molecule has 1 atom stereocenters. The van der Waals surface area contributed by atoms with E-state index >= 15 is 0 Å². The van der Waals surface area contributed by atoms with E-state index in [1.165, 1.54) is 24.9 Å². The van der Waals surface area contributed by atoms with E-state index in [1.54, 1.807) is 6.92 Å². The van der Waals surface area contributed by atoms with Gasteiger partial charge in [-0.2, -0.15) is 0 Å². The summed E-state index contributed by atoms with van der Waals surface area (Å²) in [6.45, 7) is 10.9. The minimum atomic E-state index is -0.540. The first kappa shape index (κ1) is 21.2. The van der Waals surface area contributed by atoms with Crippen molar-refractivity contribution >= 4 is 11.6 Å². The minimum absolute atomic E-state index is 0.0960. The quantitative estimate of drug-likeness (QED) is 0.702. The van der Waals surface area contributed by atoms with Crippen LogP contribution in [-0.4, -0.2) is 25.1 Å². The Kier molecular flexibility index (Phi) is 7.18. The van der Waals surface area contributed by atoms with Gasteiger partial charge in [-0.1, -0.05) is 38.1 Å². The molecule has 1 fully saturated rings. The number of nitrogens with one attached hydrogen (secondary N) is 1. The highest BCUT2D eigenvalue weighted by Gasteiger charge is 2.17. The Labute approximate surface area is 175 Å². The van der Waals surface area contributed by atoms with Gasteiger partial charge in [-0.15, -0.1) is 0 Å². The molecule has 0 bridgehead atoms. The van der Waals surface area contributed by atoms with Crippen molar-refractivity contribution in [2.45, 2.75) is 65.5 Å². The van der Waals surface area contributed by atoms with Crippen LogP contribution in [0.15, 0.2) is 42.5 Å². The predicted octanol–water partition coefficient (Wildman–Crippen LogP) is 5.19. The van der Waals surface area contributed by atoms with E-state index in [1.807, 2.05) is 13.0 Å². The highest BCUT2D eigenvalue weighted by molar-refractivity contribution is 5.80. The third-order valence-corrected chi connectivity index (χ3v) is 5.59. The number of rotatable bonds is 7. The number of carbonyl (C=O) groups excluding carboxylic acids is 1. The number of ether oxygens (including phenoxy) is 1. The number of nitrogens with zero attached hydrogens (tertiary/aromatic N) is 1. The van der Waals surface area contributed by atoms with Crippen molar-refractivity contribution in [3.8, 4) is 5.75 Å². The van der Waals surface area contributed by atoms with Gasteiger partial charge in [-0.3, -0.25) is 4.79 Å². The first-order valence-corrected chi connectivity index (χ1v) is 10.8. The zero-order chi connectivity index (χ0) is 20.8. The maximum Gasteiger partial charge on any atom is 0.261 e. The summed E-state index contributed by atoms with van der Waals surface area (Å²) in [5.74, 6) is 1.05. The van der Waals surface area contributed by atoms with E-state index in [4.69, 9.17) is 4.74 Å². The van der Waals surface area contributed by atoms with Crippen LogP contribution >= 0.6 is 0 Å². The first-order chi connectivity index (χ1) is 13.9.